The lowest BCUT2D eigenvalue weighted by molar-refractivity contribution is 0.475. The maximum Gasteiger partial charge on any atom is 0.137 e. The van der Waals surface area contributed by atoms with Crippen molar-refractivity contribution in [2.75, 3.05) is 11.1 Å². The highest BCUT2D eigenvalue weighted by molar-refractivity contribution is 7.99. The lowest BCUT2D eigenvalue weighted by Gasteiger charge is -2.27. The molecule has 0 saturated carbocycles. The number of benzene rings is 2. The number of rotatable bonds is 2. The molecule has 0 amide bonds. The molecule has 1 heterocycles. The van der Waals surface area contributed by atoms with Crippen LogP contribution in [-0.2, 0) is 0 Å². The summed E-state index contributed by atoms with van der Waals surface area (Å²) in [6.45, 7) is 0. The van der Waals surface area contributed by atoms with Crippen molar-refractivity contribution in [3.8, 4) is 5.75 Å². The Morgan fingerprint density at radius 1 is 1.30 bits per heavy atom. The monoisotopic (exact) mass is 309 g/mol. The summed E-state index contributed by atoms with van der Waals surface area (Å²) < 4.78 is 13.8. The van der Waals surface area contributed by atoms with E-state index in [4.69, 9.17) is 11.6 Å². The Balaban J connectivity index is 1.89. The first-order valence-electron chi connectivity index (χ1n) is 6.31. The summed E-state index contributed by atoms with van der Waals surface area (Å²) in [6, 6.07) is 10.2. The van der Waals surface area contributed by atoms with E-state index >= 15 is 0 Å². The first kappa shape index (κ1) is 13.6. The van der Waals surface area contributed by atoms with Crippen molar-refractivity contribution in [1.29, 1.82) is 0 Å². The molecule has 2 aromatic rings. The summed E-state index contributed by atoms with van der Waals surface area (Å²) >= 11 is 7.46. The maximum absolute atomic E-state index is 13.8. The third-order valence-electron chi connectivity index (χ3n) is 3.31. The molecule has 0 radical (unpaired) electrons. The number of thioether (sulfide) groups is 1. The summed E-state index contributed by atoms with van der Waals surface area (Å²) in [5.74, 6) is 0.767. The topological polar surface area (TPSA) is 32.3 Å². The second-order valence-electron chi connectivity index (χ2n) is 4.66. The molecule has 0 aliphatic carbocycles. The van der Waals surface area contributed by atoms with E-state index in [0.717, 1.165) is 28.3 Å². The lowest BCUT2D eigenvalue weighted by atomic mass is 10.0. The number of hydrogen-bond donors (Lipinski definition) is 2. The average molecular weight is 310 g/mol. The Kier molecular flexibility index (Phi) is 3.76. The molecular weight excluding hydrogens is 297 g/mol. The molecule has 0 aromatic heterocycles. The van der Waals surface area contributed by atoms with Crippen LogP contribution >= 0.6 is 23.4 Å². The van der Waals surface area contributed by atoms with E-state index in [1.807, 2.05) is 6.07 Å². The summed E-state index contributed by atoms with van der Waals surface area (Å²) in [7, 11) is 0. The van der Waals surface area contributed by atoms with Gasteiger partial charge in [-0.25, -0.2) is 4.39 Å². The van der Waals surface area contributed by atoms with Gasteiger partial charge in [0.1, 0.15) is 11.6 Å². The average Bonchev–Trinajstić information content (AvgIpc) is 2.44. The van der Waals surface area contributed by atoms with Crippen LogP contribution in [0.25, 0.3) is 0 Å². The second-order valence-corrected chi connectivity index (χ2v) is 6.17. The summed E-state index contributed by atoms with van der Waals surface area (Å²) in [4.78, 5) is 0.723. The highest BCUT2D eigenvalue weighted by Gasteiger charge is 2.23. The van der Waals surface area contributed by atoms with Gasteiger partial charge in [0.2, 0.25) is 0 Å². The van der Waals surface area contributed by atoms with Gasteiger partial charge in [0.15, 0.2) is 0 Å². The number of halogens is 2. The molecular formula is C15H13ClFNOS. The summed E-state index contributed by atoms with van der Waals surface area (Å²) in [5.41, 5.74) is 1.80. The van der Waals surface area contributed by atoms with Crippen molar-refractivity contribution < 1.29 is 9.50 Å². The van der Waals surface area contributed by atoms with E-state index in [-0.39, 0.29) is 17.6 Å². The zero-order valence-electron chi connectivity index (χ0n) is 10.6. The maximum atomic E-state index is 13.8. The fourth-order valence-electron chi connectivity index (χ4n) is 2.33. The van der Waals surface area contributed by atoms with Gasteiger partial charge in [-0.2, -0.15) is 0 Å². The molecule has 20 heavy (non-hydrogen) atoms. The van der Waals surface area contributed by atoms with Gasteiger partial charge in [-0.3, -0.25) is 0 Å². The minimum absolute atomic E-state index is 0.0579. The van der Waals surface area contributed by atoms with E-state index in [1.165, 1.54) is 6.07 Å². The Bertz CT molecular complexity index is 650. The molecule has 1 unspecified atom stereocenters. The van der Waals surface area contributed by atoms with Crippen molar-refractivity contribution in [2.45, 2.75) is 17.4 Å². The molecule has 1 atom stereocenters. The fraction of sp³-hybridized carbons (Fsp3) is 0.200. The third-order valence-corrected chi connectivity index (χ3v) is 4.78. The molecule has 1 aliphatic rings. The van der Waals surface area contributed by atoms with E-state index in [9.17, 15) is 9.50 Å². The van der Waals surface area contributed by atoms with Crippen LogP contribution < -0.4 is 5.32 Å². The minimum atomic E-state index is -0.164. The van der Waals surface area contributed by atoms with E-state index in [2.05, 4.69) is 5.32 Å². The second kappa shape index (κ2) is 5.54. The van der Waals surface area contributed by atoms with E-state index in [1.54, 1.807) is 36.0 Å². The highest BCUT2D eigenvalue weighted by atomic mass is 35.5. The van der Waals surface area contributed by atoms with Gasteiger partial charge in [-0.05, 0) is 36.2 Å². The van der Waals surface area contributed by atoms with Crippen molar-refractivity contribution in [3.63, 3.8) is 0 Å². The van der Waals surface area contributed by atoms with Gasteiger partial charge in [0.25, 0.3) is 0 Å². The first-order valence-corrected chi connectivity index (χ1v) is 7.68. The van der Waals surface area contributed by atoms with Gasteiger partial charge in [0, 0.05) is 16.3 Å². The number of aromatic hydroxyl groups is 1. The van der Waals surface area contributed by atoms with Crippen LogP contribution in [0.4, 0.5) is 10.1 Å². The largest absolute Gasteiger partial charge is 0.506 e. The van der Waals surface area contributed by atoms with Gasteiger partial charge in [-0.15, -0.1) is 11.8 Å². The zero-order chi connectivity index (χ0) is 14.1. The molecule has 2 N–H and O–H groups in total. The predicted molar refractivity (Wildman–Crippen MR) is 81.2 cm³/mol. The van der Waals surface area contributed by atoms with Crippen LogP contribution in [-0.4, -0.2) is 10.9 Å². The fourth-order valence-corrected chi connectivity index (χ4v) is 3.66. The number of phenolic OH excluding ortho intramolecular Hbond substituents is 1. The quantitative estimate of drug-likeness (QED) is 0.779. The van der Waals surface area contributed by atoms with Gasteiger partial charge >= 0.3 is 0 Å². The van der Waals surface area contributed by atoms with E-state index in [0.29, 0.717) is 5.02 Å². The highest BCUT2D eigenvalue weighted by Crippen LogP contribution is 2.39. The van der Waals surface area contributed by atoms with Crippen LogP contribution in [0.3, 0.4) is 0 Å². The number of hydrogen-bond acceptors (Lipinski definition) is 3. The molecule has 2 aromatic carbocycles. The van der Waals surface area contributed by atoms with Crippen LogP contribution in [0, 0.1) is 5.82 Å². The number of nitrogens with one attached hydrogen (secondary N) is 1. The predicted octanol–water partition coefficient (Wildman–Crippen LogP) is 4.83. The molecule has 0 fully saturated rings. The molecule has 2 nitrogen and oxygen atoms in total. The number of phenols is 1. The molecule has 5 heteroatoms. The van der Waals surface area contributed by atoms with Crippen molar-refractivity contribution in [3.05, 3.63) is 52.8 Å². The molecule has 1 aliphatic heterocycles. The molecule has 0 spiro atoms. The first-order chi connectivity index (χ1) is 9.65. The van der Waals surface area contributed by atoms with Crippen LogP contribution in [0.2, 0.25) is 5.02 Å². The normalized spacial score (nSPS) is 17.6. The van der Waals surface area contributed by atoms with Gasteiger partial charge in [-0.1, -0.05) is 23.7 Å². The third kappa shape index (κ3) is 2.58. The minimum Gasteiger partial charge on any atom is -0.506 e. The SMILES string of the molecule is Oc1ccc(NC2CCSc3c(F)cccc32)cc1Cl. The molecule has 104 valence electrons. The lowest BCUT2D eigenvalue weighted by Crippen LogP contribution is -2.16. The van der Waals surface area contributed by atoms with Crippen LogP contribution in [0.1, 0.15) is 18.0 Å². The Morgan fingerprint density at radius 3 is 2.95 bits per heavy atom. The van der Waals surface area contributed by atoms with Crippen molar-refractivity contribution in [2.24, 2.45) is 0 Å². The number of fused-ring (bicyclic) bond motifs is 1. The number of anilines is 1. The Labute approximate surface area is 126 Å². The Hall–Kier alpha value is -1.39. The zero-order valence-corrected chi connectivity index (χ0v) is 12.1. The molecule has 0 bridgehead atoms. The summed E-state index contributed by atoms with van der Waals surface area (Å²) in [5, 5.41) is 13.1. The molecule has 0 saturated heterocycles. The standard InChI is InChI=1S/C15H13ClFNOS/c16-11-8-9(4-5-14(11)19)18-13-6-7-20-15-10(13)2-1-3-12(15)17/h1-5,8,13,18-19H,6-7H2. The Morgan fingerprint density at radius 2 is 2.15 bits per heavy atom. The van der Waals surface area contributed by atoms with Crippen molar-refractivity contribution in [1.82, 2.24) is 0 Å². The van der Waals surface area contributed by atoms with Gasteiger partial charge < -0.3 is 10.4 Å². The van der Waals surface area contributed by atoms with E-state index < -0.39 is 0 Å². The molecule has 3 rings (SSSR count). The van der Waals surface area contributed by atoms with Crippen molar-refractivity contribution >= 4 is 29.1 Å². The van der Waals surface area contributed by atoms with Crippen LogP contribution in [0.5, 0.6) is 5.75 Å². The van der Waals surface area contributed by atoms with Crippen LogP contribution in [0.15, 0.2) is 41.3 Å². The smallest absolute Gasteiger partial charge is 0.137 e. The van der Waals surface area contributed by atoms with Gasteiger partial charge in [0.05, 0.1) is 11.1 Å². The summed E-state index contributed by atoms with van der Waals surface area (Å²) in [6.07, 6.45) is 0.916.